The largest absolute Gasteiger partial charge is 0.483 e. The van der Waals surface area contributed by atoms with Gasteiger partial charge in [0.1, 0.15) is 36.6 Å². The van der Waals surface area contributed by atoms with Gasteiger partial charge in [0, 0.05) is 19.2 Å². The van der Waals surface area contributed by atoms with Gasteiger partial charge < -0.3 is 45.0 Å². The predicted molar refractivity (Wildman–Crippen MR) is 119 cm³/mol. The number of phosphoric ester groups is 2. The number of hydrogen-bond acceptors (Lipinski definition) is 14. The molecule has 2 unspecified atom stereocenters. The van der Waals surface area contributed by atoms with Crippen molar-refractivity contribution < 1.29 is 67.0 Å². The van der Waals surface area contributed by atoms with Crippen LogP contribution < -0.4 is 16.6 Å². The zero-order chi connectivity index (χ0) is 28.6. The fourth-order valence-corrected chi connectivity index (χ4v) is 5.87. The molecule has 2 fully saturated rings. The first kappa shape index (κ1) is 30.7. The van der Waals surface area contributed by atoms with Gasteiger partial charge in [0.05, 0.1) is 12.7 Å². The summed E-state index contributed by atoms with van der Waals surface area (Å²) in [6, 6.07) is -0.645. The number of H-pyrrole nitrogens is 1. The average molecular weight is 591 g/mol. The number of aliphatic hydroxyl groups is 4. The van der Waals surface area contributed by atoms with Crippen LogP contribution in [-0.2, 0) is 36.8 Å². The maximum absolute atomic E-state index is 12.4. The van der Waals surface area contributed by atoms with E-state index in [9.17, 15) is 53.7 Å². The van der Waals surface area contributed by atoms with Gasteiger partial charge in [-0.25, -0.2) is 13.9 Å². The van der Waals surface area contributed by atoms with Gasteiger partial charge in [-0.3, -0.25) is 28.2 Å². The van der Waals surface area contributed by atoms with Crippen molar-refractivity contribution in [2.45, 2.75) is 69.0 Å². The average Bonchev–Trinajstić information content (AvgIpc) is 3.06. The second-order valence-electron chi connectivity index (χ2n) is 8.40. The van der Waals surface area contributed by atoms with Crippen molar-refractivity contribution >= 4 is 21.6 Å². The Hall–Kier alpha value is -1.83. The van der Waals surface area contributed by atoms with Crippen LogP contribution in [0.3, 0.4) is 0 Å². The highest BCUT2D eigenvalue weighted by Crippen LogP contribution is 2.61. The van der Waals surface area contributed by atoms with Gasteiger partial charge in [-0.2, -0.15) is 4.31 Å². The van der Waals surface area contributed by atoms with Crippen LogP contribution in [0.15, 0.2) is 21.9 Å². The standard InChI is InChI=1S/C17H27N3O16P2/c1-6-11(23)13(25)10(18-7(2)21)16(33-6)35-38(30,31)36-37(28,29)32-5-8-12(24)14(26)15(34-8)20-4-3-9(22)19-17(20)27/h3-4,6,8,10-16,23-26H,5H2,1-2H3,(H,18,21)(H,28,29)(H,30,31)(H,19,22,27)/t6-,8+,10-,11-,12+,13-,14+,15+,16+/m0/s1. The molecule has 2 saturated heterocycles. The molecule has 38 heavy (non-hydrogen) atoms. The number of ether oxygens (including phenoxy) is 2. The van der Waals surface area contributed by atoms with E-state index in [1.54, 1.807) is 0 Å². The molecule has 1 aromatic heterocycles. The third-order valence-corrected chi connectivity index (χ3v) is 8.12. The summed E-state index contributed by atoms with van der Waals surface area (Å²) in [4.78, 5) is 56.4. The molecule has 0 saturated carbocycles. The molecule has 0 bridgehead atoms. The predicted octanol–water partition coefficient (Wildman–Crippen LogP) is -3.62. The summed E-state index contributed by atoms with van der Waals surface area (Å²) in [5.74, 6) is -0.738. The quantitative estimate of drug-likeness (QED) is 0.129. The van der Waals surface area contributed by atoms with E-state index in [-0.39, 0.29) is 0 Å². The molecule has 0 radical (unpaired) electrons. The molecule has 0 aliphatic carbocycles. The van der Waals surface area contributed by atoms with Crippen molar-refractivity contribution in [3.63, 3.8) is 0 Å². The van der Waals surface area contributed by atoms with Gasteiger partial charge >= 0.3 is 21.3 Å². The Morgan fingerprint density at radius 3 is 2.34 bits per heavy atom. The van der Waals surface area contributed by atoms with Crippen LogP contribution in [0.25, 0.3) is 0 Å². The summed E-state index contributed by atoms with van der Waals surface area (Å²) in [7, 11) is -11.0. The molecule has 2 aliphatic heterocycles. The van der Waals surface area contributed by atoms with Crippen molar-refractivity contribution in [2.24, 2.45) is 0 Å². The summed E-state index contributed by atoms with van der Waals surface area (Å²) in [6.45, 7) is 1.30. The highest BCUT2D eigenvalue weighted by Gasteiger charge is 2.49. The van der Waals surface area contributed by atoms with Crippen molar-refractivity contribution in [3.05, 3.63) is 33.1 Å². The highest BCUT2D eigenvalue weighted by atomic mass is 31.3. The van der Waals surface area contributed by atoms with Gasteiger partial charge in [0.15, 0.2) is 12.5 Å². The molecule has 11 atom stereocenters. The summed E-state index contributed by atoms with van der Waals surface area (Å²) < 4.78 is 49.4. The minimum atomic E-state index is -5.53. The molecule has 3 heterocycles. The Bertz CT molecular complexity index is 1220. The lowest BCUT2D eigenvalue weighted by Crippen LogP contribution is -2.63. The van der Waals surface area contributed by atoms with Gasteiger partial charge in [-0.15, -0.1) is 0 Å². The van der Waals surface area contributed by atoms with Gasteiger partial charge in [-0.1, -0.05) is 0 Å². The summed E-state index contributed by atoms with van der Waals surface area (Å²) in [5.41, 5.74) is -1.73. The monoisotopic (exact) mass is 591 g/mol. The van der Waals surface area contributed by atoms with E-state index in [4.69, 9.17) is 14.0 Å². The zero-order valence-electron chi connectivity index (χ0n) is 19.7. The molecule has 2 aliphatic rings. The van der Waals surface area contributed by atoms with Gasteiger partial charge in [-0.05, 0) is 6.92 Å². The lowest BCUT2D eigenvalue weighted by atomic mass is 9.98. The molecule has 1 amide bonds. The molecule has 0 aromatic carbocycles. The van der Waals surface area contributed by atoms with Crippen LogP contribution in [0.1, 0.15) is 20.1 Å². The topological polar surface area (TPSA) is 286 Å². The lowest BCUT2D eigenvalue weighted by molar-refractivity contribution is -0.236. The number of hydrogen-bond donors (Lipinski definition) is 8. The third-order valence-electron chi connectivity index (χ3n) is 5.52. The van der Waals surface area contributed by atoms with Crippen molar-refractivity contribution in [1.29, 1.82) is 0 Å². The van der Waals surface area contributed by atoms with E-state index in [1.807, 2.05) is 4.98 Å². The lowest BCUT2D eigenvalue weighted by Gasteiger charge is -2.41. The molecule has 3 rings (SSSR count). The molecule has 0 spiro atoms. The van der Waals surface area contributed by atoms with Crippen molar-refractivity contribution in [2.75, 3.05) is 6.61 Å². The third kappa shape index (κ3) is 7.22. The molecule has 8 N–H and O–H groups in total. The van der Waals surface area contributed by atoms with E-state index in [0.29, 0.717) is 0 Å². The summed E-state index contributed by atoms with van der Waals surface area (Å²) >= 11 is 0. The first-order valence-electron chi connectivity index (χ1n) is 10.8. The molecular weight excluding hydrogens is 564 g/mol. The maximum atomic E-state index is 12.4. The Labute approximate surface area is 212 Å². The number of carbonyl (C=O) groups excluding carboxylic acids is 1. The smallest absolute Gasteiger partial charge is 0.388 e. The normalized spacial score (nSPS) is 36.8. The highest BCUT2D eigenvalue weighted by molar-refractivity contribution is 7.61. The Morgan fingerprint density at radius 2 is 1.74 bits per heavy atom. The van der Waals surface area contributed by atoms with E-state index < -0.39 is 94.6 Å². The minimum absolute atomic E-state index is 0.738. The van der Waals surface area contributed by atoms with Gasteiger partial charge in [0.2, 0.25) is 5.91 Å². The maximum Gasteiger partial charge on any atom is 0.483 e. The number of nitrogens with one attached hydrogen (secondary N) is 2. The molecule has 19 nitrogen and oxygen atoms in total. The van der Waals surface area contributed by atoms with Gasteiger partial charge in [0.25, 0.3) is 5.56 Å². The first-order chi connectivity index (χ1) is 17.5. The molecule has 216 valence electrons. The zero-order valence-corrected chi connectivity index (χ0v) is 21.5. The molecule has 1 aromatic rings. The SMILES string of the molecule is CC(=O)N[C@@H]1[C@@H](OP(=O)(O)OP(=O)(O)OC[C@H]2O[C@@H](n3ccc(=O)[nH]c3=O)[C@H](O)[C@@H]2O)O[C@@H](C)[C@H](O)[C@H]1O. The number of rotatable bonds is 9. The minimum Gasteiger partial charge on any atom is -0.388 e. The Morgan fingerprint density at radius 1 is 1.08 bits per heavy atom. The second kappa shape index (κ2) is 11.7. The van der Waals surface area contributed by atoms with Crippen molar-refractivity contribution in [3.8, 4) is 0 Å². The number of phosphoric acid groups is 2. The summed E-state index contributed by atoms with van der Waals surface area (Å²) in [6.07, 6.45) is -12.0. The fourth-order valence-electron chi connectivity index (χ4n) is 3.70. The number of amides is 1. The fraction of sp³-hybridized carbons (Fsp3) is 0.706. The van der Waals surface area contributed by atoms with Crippen molar-refractivity contribution in [1.82, 2.24) is 14.9 Å². The number of carbonyl (C=O) groups is 1. The van der Waals surface area contributed by atoms with E-state index in [2.05, 4.69) is 14.2 Å². The second-order valence-corrected chi connectivity index (χ2v) is 11.4. The van der Waals surface area contributed by atoms with E-state index in [1.165, 1.54) is 6.92 Å². The summed E-state index contributed by atoms with van der Waals surface area (Å²) in [5, 5.41) is 42.6. The Balaban J connectivity index is 1.64. The van der Waals surface area contributed by atoms with E-state index in [0.717, 1.165) is 23.8 Å². The van der Waals surface area contributed by atoms with Crippen LogP contribution >= 0.6 is 15.6 Å². The Kier molecular flexibility index (Phi) is 9.48. The van der Waals surface area contributed by atoms with E-state index >= 15 is 0 Å². The number of aliphatic hydroxyl groups excluding tert-OH is 4. The van der Waals surface area contributed by atoms with Crippen LogP contribution in [0.4, 0.5) is 0 Å². The number of aromatic nitrogens is 2. The van der Waals surface area contributed by atoms with Crippen LogP contribution in [-0.4, -0.2) is 101 Å². The number of aromatic amines is 1. The molecular formula is C17H27N3O16P2. The van der Waals surface area contributed by atoms with Crippen LogP contribution in [0.2, 0.25) is 0 Å². The van der Waals surface area contributed by atoms with Crippen LogP contribution in [0.5, 0.6) is 0 Å². The number of nitrogens with zero attached hydrogens (tertiary/aromatic N) is 1. The van der Waals surface area contributed by atoms with Crippen LogP contribution in [0, 0.1) is 0 Å². The first-order valence-corrected chi connectivity index (χ1v) is 13.8. The molecule has 21 heteroatoms.